The van der Waals surface area contributed by atoms with E-state index in [0.29, 0.717) is 19.0 Å². The smallest absolute Gasteiger partial charge is 0.237 e. The van der Waals surface area contributed by atoms with Crippen LogP contribution in [0.4, 0.5) is 0 Å². The lowest BCUT2D eigenvalue weighted by atomic mass is 10.00. The molecule has 1 aliphatic heterocycles. The zero-order chi connectivity index (χ0) is 12.4. The van der Waals surface area contributed by atoms with E-state index in [1.165, 1.54) is 0 Å². The van der Waals surface area contributed by atoms with Crippen molar-refractivity contribution in [3.8, 4) is 0 Å². The Morgan fingerprint density at radius 3 is 3.22 bits per heavy atom. The maximum atomic E-state index is 12.2. The highest BCUT2D eigenvalue weighted by Crippen LogP contribution is 2.14. The van der Waals surface area contributed by atoms with Crippen LogP contribution >= 0.6 is 0 Å². The van der Waals surface area contributed by atoms with Gasteiger partial charge in [-0.05, 0) is 19.3 Å². The van der Waals surface area contributed by atoms with Gasteiger partial charge in [0.1, 0.15) is 0 Å². The molecule has 3 rings (SSSR count). The minimum atomic E-state index is -0.147. The van der Waals surface area contributed by atoms with E-state index < -0.39 is 0 Å². The second kappa shape index (κ2) is 4.94. The molecule has 0 spiro atoms. The zero-order valence-corrected chi connectivity index (χ0v) is 10.3. The van der Waals surface area contributed by atoms with Crippen molar-refractivity contribution >= 4 is 5.91 Å². The molecule has 2 unspecified atom stereocenters. The molecule has 5 heteroatoms. The van der Waals surface area contributed by atoms with Gasteiger partial charge >= 0.3 is 0 Å². The number of imidazole rings is 1. The van der Waals surface area contributed by atoms with E-state index in [1.807, 2.05) is 0 Å². The third-order valence-corrected chi connectivity index (χ3v) is 3.66. The largest absolute Gasteiger partial charge is 0.352 e. The number of H-pyrrole nitrogens is 1. The van der Waals surface area contributed by atoms with Gasteiger partial charge in [0, 0.05) is 19.0 Å². The van der Waals surface area contributed by atoms with Gasteiger partial charge in [-0.15, -0.1) is 0 Å². The molecule has 96 valence electrons. The summed E-state index contributed by atoms with van der Waals surface area (Å²) in [5, 5.41) is 6.37. The molecule has 1 amide bonds. The molecule has 1 aromatic rings. The van der Waals surface area contributed by atoms with Gasteiger partial charge in [-0.25, -0.2) is 4.98 Å². The molecule has 2 atom stereocenters. The summed E-state index contributed by atoms with van der Waals surface area (Å²) in [6, 6.07) is 0.150. The molecule has 1 aliphatic carbocycles. The van der Waals surface area contributed by atoms with Crippen molar-refractivity contribution in [2.45, 2.75) is 44.3 Å². The lowest BCUT2D eigenvalue weighted by molar-refractivity contribution is -0.124. The molecule has 2 heterocycles. The summed E-state index contributed by atoms with van der Waals surface area (Å²) in [5.41, 5.74) is 2.11. The van der Waals surface area contributed by atoms with Crippen LogP contribution in [0.25, 0.3) is 0 Å². The molecule has 0 saturated heterocycles. The summed E-state index contributed by atoms with van der Waals surface area (Å²) in [6.07, 6.45) is 9.75. The number of allylic oxidation sites excluding steroid dienone is 1. The maximum absolute atomic E-state index is 12.2. The Morgan fingerprint density at radius 2 is 2.39 bits per heavy atom. The molecule has 1 aromatic heterocycles. The van der Waals surface area contributed by atoms with Gasteiger partial charge in [-0.3, -0.25) is 10.1 Å². The van der Waals surface area contributed by atoms with Crippen molar-refractivity contribution in [1.82, 2.24) is 20.6 Å². The van der Waals surface area contributed by atoms with Crippen molar-refractivity contribution in [3.63, 3.8) is 0 Å². The SMILES string of the molecule is O=C(NC1CC=CCC1)C1Cc2nc[nH]c2CN1. The molecular formula is C13H18N4O. The van der Waals surface area contributed by atoms with Crippen molar-refractivity contribution < 1.29 is 4.79 Å². The number of carbonyl (C=O) groups is 1. The fourth-order valence-corrected chi connectivity index (χ4v) is 2.58. The number of rotatable bonds is 2. The Labute approximate surface area is 106 Å². The highest BCUT2D eigenvalue weighted by Gasteiger charge is 2.27. The molecule has 0 fully saturated rings. The first-order chi connectivity index (χ1) is 8.83. The van der Waals surface area contributed by atoms with Crippen molar-refractivity contribution in [2.75, 3.05) is 0 Å². The monoisotopic (exact) mass is 246 g/mol. The van der Waals surface area contributed by atoms with Crippen LogP contribution in [-0.4, -0.2) is 28.0 Å². The van der Waals surface area contributed by atoms with Crippen LogP contribution in [0.1, 0.15) is 30.7 Å². The topological polar surface area (TPSA) is 69.8 Å². The molecule has 0 aromatic carbocycles. The minimum Gasteiger partial charge on any atom is -0.352 e. The van der Waals surface area contributed by atoms with Gasteiger partial charge in [0.2, 0.25) is 5.91 Å². The Hall–Kier alpha value is -1.62. The third-order valence-electron chi connectivity index (χ3n) is 3.66. The molecule has 0 saturated carbocycles. The molecular weight excluding hydrogens is 228 g/mol. The van der Waals surface area contributed by atoms with Gasteiger partial charge in [-0.2, -0.15) is 0 Å². The number of nitrogens with zero attached hydrogens (tertiary/aromatic N) is 1. The summed E-state index contributed by atoms with van der Waals surface area (Å²) in [4.78, 5) is 19.5. The van der Waals surface area contributed by atoms with Gasteiger partial charge in [0.25, 0.3) is 0 Å². The summed E-state index contributed by atoms with van der Waals surface area (Å²) in [7, 11) is 0. The lowest BCUT2D eigenvalue weighted by Gasteiger charge is -2.26. The summed E-state index contributed by atoms with van der Waals surface area (Å²) >= 11 is 0. The van der Waals surface area contributed by atoms with E-state index in [9.17, 15) is 4.79 Å². The highest BCUT2D eigenvalue weighted by atomic mass is 16.2. The lowest BCUT2D eigenvalue weighted by Crippen LogP contribution is -2.50. The molecule has 0 radical (unpaired) electrons. The van der Waals surface area contributed by atoms with E-state index in [0.717, 1.165) is 30.7 Å². The Morgan fingerprint density at radius 1 is 1.44 bits per heavy atom. The van der Waals surface area contributed by atoms with Crippen LogP contribution in [0.3, 0.4) is 0 Å². The summed E-state index contributed by atoms with van der Waals surface area (Å²) in [5.74, 6) is 0.101. The highest BCUT2D eigenvalue weighted by molar-refractivity contribution is 5.82. The first-order valence-electron chi connectivity index (χ1n) is 6.53. The van der Waals surface area contributed by atoms with E-state index in [2.05, 4.69) is 32.8 Å². The predicted molar refractivity (Wildman–Crippen MR) is 67.8 cm³/mol. The van der Waals surface area contributed by atoms with E-state index in [4.69, 9.17) is 0 Å². The number of fused-ring (bicyclic) bond motifs is 1. The van der Waals surface area contributed by atoms with Crippen molar-refractivity contribution in [2.24, 2.45) is 0 Å². The average Bonchev–Trinajstić information content (AvgIpc) is 2.87. The van der Waals surface area contributed by atoms with Crippen LogP contribution in [0.15, 0.2) is 18.5 Å². The van der Waals surface area contributed by atoms with Crippen LogP contribution in [0.5, 0.6) is 0 Å². The molecule has 18 heavy (non-hydrogen) atoms. The number of aromatic amines is 1. The second-order valence-corrected chi connectivity index (χ2v) is 4.96. The van der Waals surface area contributed by atoms with Crippen molar-refractivity contribution in [1.29, 1.82) is 0 Å². The van der Waals surface area contributed by atoms with Crippen molar-refractivity contribution in [3.05, 3.63) is 29.9 Å². The molecule has 2 aliphatic rings. The molecule has 0 bridgehead atoms. The normalized spacial score (nSPS) is 26.7. The van der Waals surface area contributed by atoms with E-state index in [-0.39, 0.29) is 11.9 Å². The number of nitrogens with one attached hydrogen (secondary N) is 3. The van der Waals surface area contributed by atoms with Gasteiger partial charge in [0.05, 0.1) is 23.8 Å². The summed E-state index contributed by atoms with van der Waals surface area (Å²) < 4.78 is 0. The number of hydrogen-bond acceptors (Lipinski definition) is 3. The van der Waals surface area contributed by atoms with E-state index in [1.54, 1.807) is 6.33 Å². The van der Waals surface area contributed by atoms with Crippen LogP contribution < -0.4 is 10.6 Å². The molecule has 3 N–H and O–H groups in total. The fourth-order valence-electron chi connectivity index (χ4n) is 2.58. The predicted octanol–water partition coefficient (Wildman–Crippen LogP) is 0.649. The number of hydrogen-bond donors (Lipinski definition) is 3. The Bertz CT molecular complexity index is 465. The standard InChI is InChI=1S/C13H18N4O/c18-13(17-9-4-2-1-3-5-9)11-6-10-12(7-14-11)16-8-15-10/h1-2,8-9,11,14H,3-7H2,(H,15,16)(H,17,18). The van der Waals surface area contributed by atoms with Gasteiger partial charge in [-0.1, -0.05) is 12.2 Å². The first kappa shape index (κ1) is 11.5. The second-order valence-electron chi connectivity index (χ2n) is 4.96. The Kier molecular flexibility index (Phi) is 3.15. The molecule has 5 nitrogen and oxygen atoms in total. The quantitative estimate of drug-likeness (QED) is 0.671. The van der Waals surface area contributed by atoms with Crippen LogP contribution in [0.2, 0.25) is 0 Å². The van der Waals surface area contributed by atoms with Gasteiger partial charge in [0.15, 0.2) is 0 Å². The van der Waals surface area contributed by atoms with Gasteiger partial charge < -0.3 is 10.3 Å². The van der Waals surface area contributed by atoms with E-state index >= 15 is 0 Å². The maximum Gasteiger partial charge on any atom is 0.237 e. The summed E-state index contributed by atoms with van der Waals surface area (Å²) in [6.45, 7) is 0.692. The Balaban J connectivity index is 1.59. The first-order valence-corrected chi connectivity index (χ1v) is 6.53. The third kappa shape index (κ3) is 2.31. The van der Waals surface area contributed by atoms with Crippen LogP contribution in [-0.2, 0) is 17.8 Å². The zero-order valence-electron chi connectivity index (χ0n) is 10.3. The minimum absolute atomic E-state index is 0.101. The number of carbonyl (C=O) groups excluding carboxylic acids is 1. The number of amides is 1. The fraction of sp³-hybridized carbons (Fsp3) is 0.538. The average molecular weight is 246 g/mol. The van der Waals surface area contributed by atoms with Crippen LogP contribution in [0, 0.1) is 0 Å². The number of aromatic nitrogens is 2.